The van der Waals surface area contributed by atoms with Crippen LogP contribution in [0.4, 0.5) is 43.9 Å². The summed E-state index contributed by atoms with van der Waals surface area (Å²) in [7, 11) is -11.4. The Balaban J connectivity index is 2.35. The summed E-state index contributed by atoms with van der Waals surface area (Å²) in [5, 5.41) is 0.927. The van der Waals surface area contributed by atoms with Crippen molar-refractivity contribution in [2.45, 2.75) is 65.0 Å². The van der Waals surface area contributed by atoms with Crippen molar-refractivity contribution in [1.82, 2.24) is 0 Å². The van der Waals surface area contributed by atoms with Gasteiger partial charge in [-0.15, -0.1) is 0 Å². The van der Waals surface area contributed by atoms with Crippen LogP contribution in [0.5, 0.6) is 0 Å². The summed E-state index contributed by atoms with van der Waals surface area (Å²) in [6.45, 7) is 4.47. The van der Waals surface area contributed by atoms with Crippen molar-refractivity contribution in [1.29, 1.82) is 0 Å². The van der Waals surface area contributed by atoms with Gasteiger partial charge in [-0.05, 0) is 66.5 Å². The Kier molecular flexibility index (Phi) is 9.06. The molecule has 0 saturated heterocycles. The van der Waals surface area contributed by atoms with Gasteiger partial charge in [0, 0.05) is 14.7 Å². The maximum atomic E-state index is 15.2. The molecule has 0 saturated carbocycles. The zero-order chi connectivity index (χ0) is 32.9. The minimum absolute atomic E-state index is 0.104. The fourth-order valence-corrected chi connectivity index (χ4v) is 9.72. The lowest BCUT2D eigenvalue weighted by molar-refractivity contribution is -0.506. The molecule has 238 valence electrons. The highest BCUT2D eigenvalue weighted by atomic mass is 32.3. The Bertz CT molecular complexity index is 1500. The third-order valence-corrected chi connectivity index (χ3v) is 11.4. The number of ether oxygens (including phenoxy) is 1. The van der Waals surface area contributed by atoms with Gasteiger partial charge in [0.1, 0.15) is 0 Å². The smallest absolute Gasteiger partial charge is 0.329 e. The topological polar surface area (TPSA) is 72.8 Å². The third-order valence-electron chi connectivity index (χ3n) is 5.89. The van der Waals surface area contributed by atoms with E-state index >= 15 is 8.78 Å². The summed E-state index contributed by atoms with van der Waals surface area (Å²) in [5.74, 6) is -7.47. The number of halogens is 10. The van der Waals surface area contributed by atoms with Gasteiger partial charge in [0.2, 0.25) is 0 Å². The first-order valence-corrected chi connectivity index (χ1v) is 14.7. The van der Waals surface area contributed by atoms with E-state index in [0.29, 0.717) is 5.56 Å². The quantitative estimate of drug-likeness (QED) is 0.209. The predicted octanol–water partition coefficient (Wildman–Crippen LogP) is 8.17. The Labute approximate surface area is 240 Å². The fourth-order valence-electron chi connectivity index (χ4n) is 4.12. The first-order chi connectivity index (χ1) is 19.4. The number of hydrogen-bond donors (Lipinski definition) is 1. The molecule has 3 aromatic rings. The van der Waals surface area contributed by atoms with Crippen molar-refractivity contribution in [3.63, 3.8) is 0 Å². The largest absolute Gasteiger partial charge is 0.452 e. The average Bonchev–Trinajstić information content (AvgIpc) is 2.86. The van der Waals surface area contributed by atoms with Gasteiger partial charge in [-0.2, -0.15) is 52.3 Å². The molecule has 3 aromatic carbocycles. The van der Waals surface area contributed by atoms with E-state index in [1.807, 2.05) is 4.74 Å². The first-order valence-electron chi connectivity index (χ1n) is 11.7. The van der Waals surface area contributed by atoms with Crippen molar-refractivity contribution >= 4 is 20.4 Å². The Morgan fingerprint density at radius 1 is 0.651 bits per heavy atom. The molecule has 3 rings (SSSR count). The molecule has 0 fully saturated rings. The third kappa shape index (κ3) is 5.96. The standard InChI is InChI=1S/C26H22F10O5S2/c1-16-14-17(2)21(18(3)15-16)42(19-10-6-4-7-11-19,20-12-8-5-9-13-20)41-43(38,39)26(35,36)22(27,28)24(31,32)40-25(33,34)23(29,30)37/h4-15,37H,1-3H3. The van der Waals surface area contributed by atoms with Crippen molar-refractivity contribution < 1.29 is 65.8 Å². The molecule has 0 atom stereocenters. The molecule has 0 radical (unpaired) electrons. The number of aryl methyl sites for hydroxylation is 3. The van der Waals surface area contributed by atoms with Crippen molar-refractivity contribution in [2.75, 3.05) is 0 Å². The fraction of sp³-hybridized carbons (Fsp3) is 0.308. The molecule has 0 heterocycles. The van der Waals surface area contributed by atoms with Crippen molar-refractivity contribution in [3.05, 3.63) is 89.5 Å². The normalized spacial score (nSPS) is 14.6. The maximum absolute atomic E-state index is 15.2. The highest BCUT2D eigenvalue weighted by Gasteiger charge is 2.82. The number of rotatable bonds is 11. The zero-order valence-corrected chi connectivity index (χ0v) is 23.7. The molecule has 0 unspecified atom stereocenters. The van der Waals surface area contributed by atoms with Gasteiger partial charge in [-0.3, -0.25) is 0 Å². The highest BCUT2D eigenvalue weighted by molar-refractivity contribution is 8.33. The van der Waals surface area contributed by atoms with Crippen LogP contribution in [0.3, 0.4) is 0 Å². The Morgan fingerprint density at radius 3 is 1.42 bits per heavy atom. The molecule has 0 aromatic heterocycles. The van der Waals surface area contributed by atoms with Crippen molar-refractivity contribution in [2.24, 2.45) is 0 Å². The monoisotopic (exact) mass is 668 g/mol. The predicted molar refractivity (Wildman–Crippen MR) is 134 cm³/mol. The molecule has 0 aliphatic rings. The number of benzene rings is 3. The van der Waals surface area contributed by atoms with E-state index in [0.717, 1.165) is 0 Å². The van der Waals surface area contributed by atoms with E-state index in [-0.39, 0.29) is 25.8 Å². The second kappa shape index (κ2) is 11.3. The molecule has 0 spiro atoms. The van der Waals surface area contributed by atoms with E-state index in [1.54, 1.807) is 6.92 Å². The summed E-state index contributed by atoms with van der Waals surface area (Å²) >= 11 is 0. The van der Waals surface area contributed by atoms with Crippen LogP contribution in [-0.4, -0.2) is 43.0 Å². The zero-order valence-electron chi connectivity index (χ0n) is 22.1. The molecule has 0 aliphatic heterocycles. The second-order valence-corrected chi connectivity index (χ2v) is 13.6. The first kappa shape index (κ1) is 34.6. The number of alkyl halides is 10. The molecule has 17 heteroatoms. The van der Waals surface area contributed by atoms with Crippen LogP contribution in [0.1, 0.15) is 16.7 Å². The Hall–Kier alpha value is -2.86. The van der Waals surface area contributed by atoms with Crippen LogP contribution >= 0.6 is 10.3 Å². The highest BCUT2D eigenvalue weighted by Crippen LogP contribution is 2.72. The van der Waals surface area contributed by atoms with Crippen LogP contribution < -0.4 is 0 Å². The van der Waals surface area contributed by atoms with E-state index in [1.165, 1.54) is 86.6 Å². The SMILES string of the molecule is Cc1cc(C)c(S(OS(=O)(=O)C(F)(F)C(F)(F)C(F)(F)OC(F)(F)C(O)(F)F)(c2ccccc2)c2ccccc2)c(C)c1. The van der Waals surface area contributed by atoms with Crippen LogP contribution in [0.25, 0.3) is 0 Å². The molecule has 0 aliphatic carbocycles. The van der Waals surface area contributed by atoms with Crippen molar-refractivity contribution in [3.8, 4) is 0 Å². The second-order valence-electron chi connectivity index (χ2n) is 9.20. The molecular weight excluding hydrogens is 646 g/mol. The van der Waals surface area contributed by atoms with Crippen LogP contribution in [-0.2, 0) is 18.5 Å². The minimum atomic E-state index is -7.47. The van der Waals surface area contributed by atoms with Gasteiger partial charge in [-0.1, -0.05) is 54.1 Å². The summed E-state index contributed by atoms with van der Waals surface area (Å²) in [6, 6.07) is 15.9. The maximum Gasteiger partial charge on any atom is 0.452 e. The molecule has 0 bridgehead atoms. The van der Waals surface area contributed by atoms with Crippen LogP contribution in [0.15, 0.2) is 87.5 Å². The van der Waals surface area contributed by atoms with Gasteiger partial charge in [0.25, 0.3) is 0 Å². The lowest BCUT2D eigenvalue weighted by atomic mass is 10.1. The molecule has 0 amide bonds. The Morgan fingerprint density at radius 2 is 1.05 bits per heavy atom. The summed E-state index contributed by atoms with van der Waals surface area (Å²) in [5.41, 5.74) is 1.03. The van der Waals surface area contributed by atoms with Crippen LogP contribution in [0, 0.1) is 20.8 Å². The van der Waals surface area contributed by atoms with Gasteiger partial charge in [0.05, 0.1) is 0 Å². The van der Waals surface area contributed by atoms with Gasteiger partial charge in [-0.25, -0.2) is 8.37 Å². The molecule has 1 N–H and O–H groups in total. The molecule has 5 nitrogen and oxygen atoms in total. The van der Waals surface area contributed by atoms with Gasteiger partial charge < -0.3 is 5.11 Å². The van der Waals surface area contributed by atoms with Crippen LogP contribution in [0.2, 0.25) is 0 Å². The summed E-state index contributed by atoms with van der Waals surface area (Å²) in [4.78, 5) is -0.477. The van der Waals surface area contributed by atoms with E-state index < -0.39 is 49.9 Å². The molecular formula is C26H22F10O5S2. The van der Waals surface area contributed by atoms with E-state index in [9.17, 15) is 43.5 Å². The lowest BCUT2D eigenvalue weighted by Gasteiger charge is -2.43. The van der Waals surface area contributed by atoms with E-state index in [2.05, 4.69) is 0 Å². The summed E-state index contributed by atoms with van der Waals surface area (Å²) in [6.07, 6.45) is -20.7. The lowest BCUT2D eigenvalue weighted by Crippen LogP contribution is -2.62. The summed E-state index contributed by atoms with van der Waals surface area (Å²) < 4.78 is 173. The average molecular weight is 669 g/mol. The number of hydrogen-bond acceptors (Lipinski definition) is 5. The van der Waals surface area contributed by atoms with Gasteiger partial charge in [0.15, 0.2) is 0 Å². The minimum Gasteiger partial charge on any atom is -0.329 e. The van der Waals surface area contributed by atoms with Gasteiger partial charge >= 0.3 is 39.6 Å². The molecule has 43 heavy (non-hydrogen) atoms. The number of aliphatic hydroxyl groups is 1. The van der Waals surface area contributed by atoms with E-state index in [4.69, 9.17) is 8.74 Å².